The number of ether oxygens (including phenoxy) is 1. The zero-order chi connectivity index (χ0) is 17.9. The van der Waals surface area contributed by atoms with Crippen molar-refractivity contribution in [3.05, 3.63) is 47.8 Å². The number of carbonyl (C=O) groups is 1. The molecule has 7 heteroatoms. The average molecular weight is 348 g/mol. The van der Waals surface area contributed by atoms with Crippen LogP contribution in [0.3, 0.4) is 0 Å². The fourth-order valence-electron chi connectivity index (χ4n) is 2.14. The van der Waals surface area contributed by atoms with Crippen LogP contribution < -0.4 is 9.46 Å². The van der Waals surface area contributed by atoms with Crippen molar-refractivity contribution in [1.82, 2.24) is 4.98 Å². The van der Waals surface area contributed by atoms with E-state index in [0.717, 1.165) is 0 Å². The molecule has 2 rings (SSSR count). The van der Waals surface area contributed by atoms with Gasteiger partial charge < -0.3 is 4.74 Å². The molecule has 24 heavy (non-hydrogen) atoms. The van der Waals surface area contributed by atoms with Gasteiger partial charge in [-0.15, -0.1) is 0 Å². The lowest BCUT2D eigenvalue weighted by atomic mass is 10.2. The van der Waals surface area contributed by atoms with Gasteiger partial charge in [0.15, 0.2) is 5.78 Å². The summed E-state index contributed by atoms with van der Waals surface area (Å²) in [5.41, 5.74) is 1.14. The molecule has 0 atom stereocenters. The lowest BCUT2D eigenvalue weighted by Gasteiger charge is -2.14. The minimum Gasteiger partial charge on any atom is -0.491 e. The molecule has 1 aromatic heterocycles. The van der Waals surface area contributed by atoms with Gasteiger partial charge in [-0.3, -0.25) is 14.5 Å². The van der Waals surface area contributed by atoms with Crippen LogP contribution in [0.4, 0.5) is 5.69 Å². The Morgan fingerprint density at radius 1 is 1.25 bits per heavy atom. The number of sulfonamides is 1. The van der Waals surface area contributed by atoms with Gasteiger partial charge in [0.1, 0.15) is 5.75 Å². The third-order valence-corrected chi connectivity index (χ3v) is 4.63. The number of Topliss-reactive ketones (excluding diaryl/α,β-unsaturated/α-hetero) is 1. The highest BCUT2D eigenvalue weighted by atomic mass is 32.2. The molecule has 1 aromatic carbocycles. The molecule has 1 N–H and O–H groups in total. The summed E-state index contributed by atoms with van der Waals surface area (Å²) in [7, 11) is -3.82. The van der Waals surface area contributed by atoms with Gasteiger partial charge in [0.2, 0.25) is 0 Å². The van der Waals surface area contributed by atoms with E-state index in [2.05, 4.69) is 9.71 Å². The molecule has 2 aromatic rings. The molecule has 0 aliphatic heterocycles. The third kappa shape index (κ3) is 4.11. The van der Waals surface area contributed by atoms with Crippen LogP contribution in [-0.2, 0) is 10.0 Å². The van der Waals surface area contributed by atoms with Crippen molar-refractivity contribution in [2.75, 3.05) is 4.72 Å². The van der Waals surface area contributed by atoms with E-state index in [4.69, 9.17) is 4.74 Å². The SMILES string of the molecule is CC(=O)c1cnccc1NS(=O)(=O)c1ccc(OC(C)C)c(C)c1. The summed E-state index contributed by atoms with van der Waals surface area (Å²) in [5.74, 6) is 0.370. The first kappa shape index (κ1) is 17.9. The van der Waals surface area contributed by atoms with Crippen LogP contribution in [-0.4, -0.2) is 25.3 Å². The molecule has 0 radical (unpaired) electrons. The normalized spacial score (nSPS) is 11.4. The van der Waals surface area contributed by atoms with E-state index in [1.54, 1.807) is 13.0 Å². The first-order valence-electron chi connectivity index (χ1n) is 7.46. The predicted molar refractivity (Wildman–Crippen MR) is 92.0 cm³/mol. The van der Waals surface area contributed by atoms with Gasteiger partial charge in [0, 0.05) is 12.4 Å². The maximum absolute atomic E-state index is 12.6. The number of pyridine rings is 1. The quantitative estimate of drug-likeness (QED) is 0.810. The molecule has 0 spiro atoms. The lowest BCUT2D eigenvalue weighted by molar-refractivity contribution is 0.101. The lowest BCUT2D eigenvalue weighted by Crippen LogP contribution is -2.16. The van der Waals surface area contributed by atoms with Crippen molar-refractivity contribution in [3.63, 3.8) is 0 Å². The largest absolute Gasteiger partial charge is 0.491 e. The number of hydrogen-bond acceptors (Lipinski definition) is 5. The van der Waals surface area contributed by atoms with Gasteiger partial charge in [-0.25, -0.2) is 8.42 Å². The maximum Gasteiger partial charge on any atom is 0.261 e. The molecule has 6 nitrogen and oxygen atoms in total. The topological polar surface area (TPSA) is 85.4 Å². The number of ketones is 1. The molecule has 0 unspecified atom stereocenters. The maximum atomic E-state index is 12.6. The van der Waals surface area contributed by atoms with Crippen LogP contribution in [0.5, 0.6) is 5.75 Å². The molecule has 0 fully saturated rings. The first-order chi connectivity index (χ1) is 11.2. The summed E-state index contributed by atoms with van der Waals surface area (Å²) in [6, 6.07) is 6.09. The zero-order valence-corrected chi connectivity index (χ0v) is 14.8. The summed E-state index contributed by atoms with van der Waals surface area (Å²) in [6.07, 6.45) is 2.76. The standard InChI is InChI=1S/C17H20N2O4S/c1-11(2)23-17-6-5-14(9-12(17)3)24(21,22)19-16-7-8-18-10-15(16)13(4)20/h5-11H,1-4H3,(H,18,19). The summed E-state index contributed by atoms with van der Waals surface area (Å²) < 4.78 is 33.2. The summed E-state index contributed by atoms with van der Waals surface area (Å²) in [5, 5.41) is 0. The Morgan fingerprint density at radius 3 is 2.54 bits per heavy atom. The molecular formula is C17H20N2O4S. The van der Waals surface area contributed by atoms with Crippen LogP contribution >= 0.6 is 0 Å². The van der Waals surface area contributed by atoms with E-state index in [-0.39, 0.29) is 28.0 Å². The van der Waals surface area contributed by atoms with Gasteiger partial charge in [0.25, 0.3) is 10.0 Å². The van der Waals surface area contributed by atoms with Gasteiger partial charge in [-0.1, -0.05) is 0 Å². The number of nitrogens with zero attached hydrogens (tertiary/aromatic N) is 1. The van der Waals surface area contributed by atoms with Crippen molar-refractivity contribution < 1.29 is 17.9 Å². The molecule has 0 aliphatic carbocycles. The average Bonchev–Trinajstić information content (AvgIpc) is 2.48. The fourth-order valence-corrected chi connectivity index (χ4v) is 3.31. The second-order valence-corrected chi connectivity index (χ2v) is 7.36. The van der Waals surface area contributed by atoms with E-state index in [1.165, 1.54) is 37.5 Å². The molecule has 0 amide bonds. The molecule has 0 saturated heterocycles. The van der Waals surface area contributed by atoms with Crippen molar-refractivity contribution in [3.8, 4) is 5.75 Å². The van der Waals surface area contributed by atoms with Gasteiger partial charge in [-0.05, 0) is 57.5 Å². The van der Waals surface area contributed by atoms with E-state index in [1.807, 2.05) is 13.8 Å². The molecule has 128 valence electrons. The second kappa shape index (κ2) is 7.00. The minimum atomic E-state index is -3.82. The van der Waals surface area contributed by atoms with E-state index < -0.39 is 10.0 Å². The van der Waals surface area contributed by atoms with Crippen molar-refractivity contribution >= 4 is 21.5 Å². The second-order valence-electron chi connectivity index (χ2n) is 5.68. The van der Waals surface area contributed by atoms with Crippen molar-refractivity contribution in [2.45, 2.75) is 38.7 Å². The number of benzene rings is 1. The Kier molecular flexibility index (Phi) is 5.23. The van der Waals surface area contributed by atoms with Crippen molar-refractivity contribution in [1.29, 1.82) is 0 Å². The highest BCUT2D eigenvalue weighted by molar-refractivity contribution is 7.92. The molecule has 0 bridgehead atoms. The highest BCUT2D eigenvalue weighted by Crippen LogP contribution is 2.25. The van der Waals surface area contributed by atoms with Crippen LogP contribution in [0.15, 0.2) is 41.6 Å². The van der Waals surface area contributed by atoms with Crippen LogP contribution in [0.2, 0.25) is 0 Å². The molecule has 1 heterocycles. The monoisotopic (exact) mass is 348 g/mol. The number of carbonyl (C=O) groups excluding carboxylic acids is 1. The Balaban J connectivity index is 2.35. The molecule has 0 saturated carbocycles. The fraction of sp³-hybridized carbons (Fsp3) is 0.294. The third-order valence-electron chi connectivity index (χ3n) is 3.26. The zero-order valence-electron chi connectivity index (χ0n) is 14.0. The van der Waals surface area contributed by atoms with Crippen LogP contribution in [0, 0.1) is 6.92 Å². The van der Waals surface area contributed by atoms with Crippen LogP contribution in [0.25, 0.3) is 0 Å². The van der Waals surface area contributed by atoms with E-state index in [0.29, 0.717) is 11.3 Å². The summed E-state index contributed by atoms with van der Waals surface area (Å²) in [6.45, 7) is 6.94. The van der Waals surface area contributed by atoms with Crippen molar-refractivity contribution in [2.24, 2.45) is 0 Å². The molecule has 0 aliphatic rings. The van der Waals surface area contributed by atoms with Gasteiger partial charge >= 0.3 is 0 Å². The Labute approximate surface area is 141 Å². The highest BCUT2D eigenvalue weighted by Gasteiger charge is 2.18. The van der Waals surface area contributed by atoms with E-state index >= 15 is 0 Å². The van der Waals surface area contributed by atoms with Gasteiger partial charge in [-0.2, -0.15) is 0 Å². The van der Waals surface area contributed by atoms with Crippen LogP contribution in [0.1, 0.15) is 36.7 Å². The summed E-state index contributed by atoms with van der Waals surface area (Å²) >= 11 is 0. The smallest absolute Gasteiger partial charge is 0.261 e. The first-order valence-corrected chi connectivity index (χ1v) is 8.94. The predicted octanol–water partition coefficient (Wildman–Crippen LogP) is 3.18. The number of aromatic nitrogens is 1. The Bertz CT molecular complexity index is 861. The number of rotatable bonds is 6. The number of nitrogens with one attached hydrogen (secondary N) is 1. The van der Waals surface area contributed by atoms with Gasteiger partial charge in [0.05, 0.1) is 22.3 Å². The number of anilines is 1. The Hall–Kier alpha value is -2.41. The molecular weight excluding hydrogens is 328 g/mol. The van der Waals surface area contributed by atoms with E-state index in [9.17, 15) is 13.2 Å². The number of aryl methyl sites for hydroxylation is 1. The Morgan fingerprint density at radius 2 is 1.96 bits per heavy atom. The number of hydrogen-bond donors (Lipinski definition) is 1. The summed E-state index contributed by atoms with van der Waals surface area (Å²) in [4.78, 5) is 15.5. The minimum absolute atomic E-state index is 0.000717.